The van der Waals surface area contributed by atoms with Crippen LogP contribution in [0.15, 0.2) is 41.0 Å². The van der Waals surface area contributed by atoms with E-state index in [2.05, 4.69) is 22.4 Å². The number of hydrogen-bond donors (Lipinski definition) is 2. The summed E-state index contributed by atoms with van der Waals surface area (Å²) in [4.78, 5) is 16.1. The van der Waals surface area contributed by atoms with Crippen LogP contribution < -0.4 is 11.1 Å². The van der Waals surface area contributed by atoms with Gasteiger partial charge < -0.3 is 15.5 Å². The number of aryl methyl sites for hydroxylation is 1. The van der Waals surface area contributed by atoms with Gasteiger partial charge in [0.1, 0.15) is 6.26 Å². The molecular formula is C17H23N3O2. The van der Waals surface area contributed by atoms with Crippen molar-refractivity contribution in [2.75, 3.05) is 6.54 Å². The van der Waals surface area contributed by atoms with Gasteiger partial charge in [0, 0.05) is 6.54 Å². The number of oxazole rings is 1. The van der Waals surface area contributed by atoms with E-state index in [1.807, 2.05) is 25.1 Å². The zero-order valence-corrected chi connectivity index (χ0v) is 12.9. The summed E-state index contributed by atoms with van der Waals surface area (Å²) in [7, 11) is 0. The highest BCUT2D eigenvalue weighted by Gasteiger charge is 2.16. The molecule has 1 unspecified atom stereocenters. The third kappa shape index (κ3) is 4.70. The molecule has 1 heterocycles. The van der Waals surface area contributed by atoms with E-state index >= 15 is 0 Å². The van der Waals surface area contributed by atoms with Crippen LogP contribution in [-0.4, -0.2) is 17.4 Å². The molecule has 0 radical (unpaired) electrons. The van der Waals surface area contributed by atoms with Crippen molar-refractivity contribution in [3.63, 3.8) is 0 Å². The summed E-state index contributed by atoms with van der Waals surface area (Å²) in [5, 5.41) is 2.85. The van der Waals surface area contributed by atoms with E-state index in [0.717, 1.165) is 25.7 Å². The maximum atomic E-state index is 12.0. The number of carbonyl (C=O) groups is 1. The van der Waals surface area contributed by atoms with E-state index in [-0.39, 0.29) is 11.9 Å². The Morgan fingerprint density at radius 3 is 2.86 bits per heavy atom. The van der Waals surface area contributed by atoms with Crippen molar-refractivity contribution in [2.24, 2.45) is 5.73 Å². The second-order valence-electron chi connectivity index (χ2n) is 5.31. The van der Waals surface area contributed by atoms with Crippen molar-refractivity contribution >= 4 is 5.91 Å². The quantitative estimate of drug-likeness (QED) is 0.735. The van der Waals surface area contributed by atoms with E-state index in [4.69, 9.17) is 10.2 Å². The van der Waals surface area contributed by atoms with E-state index < -0.39 is 0 Å². The molecule has 1 amide bonds. The lowest BCUT2D eigenvalue weighted by Crippen LogP contribution is -2.25. The van der Waals surface area contributed by atoms with E-state index in [1.165, 1.54) is 11.8 Å². The van der Waals surface area contributed by atoms with Crippen LogP contribution in [-0.2, 0) is 6.42 Å². The minimum atomic E-state index is -0.246. The first kappa shape index (κ1) is 16.2. The summed E-state index contributed by atoms with van der Waals surface area (Å²) >= 11 is 0. The highest BCUT2D eigenvalue weighted by Crippen LogP contribution is 2.14. The van der Waals surface area contributed by atoms with Crippen molar-refractivity contribution in [1.29, 1.82) is 0 Å². The van der Waals surface area contributed by atoms with Crippen LogP contribution in [0.4, 0.5) is 0 Å². The first-order valence-corrected chi connectivity index (χ1v) is 7.73. The number of nitrogens with one attached hydrogen (secondary N) is 1. The van der Waals surface area contributed by atoms with Crippen LogP contribution in [0.2, 0.25) is 0 Å². The summed E-state index contributed by atoms with van der Waals surface area (Å²) in [5.41, 5.74) is 7.48. The van der Waals surface area contributed by atoms with Gasteiger partial charge in [-0.2, -0.15) is 0 Å². The summed E-state index contributed by atoms with van der Waals surface area (Å²) in [6.07, 6.45) is 4.93. The summed E-state index contributed by atoms with van der Waals surface area (Å²) in [6, 6.07) is 9.96. The molecule has 0 saturated heterocycles. The fraction of sp³-hybridized carbons (Fsp3) is 0.412. The van der Waals surface area contributed by atoms with Gasteiger partial charge in [0.05, 0.1) is 6.04 Å². The van der Waals surface area contributed by atoms with Crippen LogP contribution >= 0.6 is 0 Å². The second-order valence-corrected chi connectivity index (χ2v) is 5.31. The van der Waals surface area contributed by atoms with Gasteiger partial charge in [0.25, 0.3) is 5.91 Å². The molecule has 1 aromatic carbocycles. The molecule has 0 bridgehead atoms. The highest BCUT2D eigenvalue weighted by atomic mass is 16.3. The minimum absolute atomic E-state index is 0.216. The van der Waals surface area contributed by atoms with Crippen LogP contribution in [0, 0.1) is 0 Å². The molecule has 0 aliphatic rings. The average Bonchev–Trinajstić information content (AvgIpc) is 3.03. The Kier molecular flexibility index (Phi) is 6.15. The SMILES string of the molecule is CCCC(N)c1nc(C(=O)NCCCc2ccccc2)co1. The van der Waals surface area contributed by atoms with Gasteiger partial charge in [-0.05, 0) is 24.8 Å². The smallest absolute Gasteiger partial charge is 0.273 e. The topological polar surface area (TPSA) is 81.1 Å². The largest absolute Gasteiger partial charge is 0.446 e. The van der Waals surface area contributed by atoms with E-state index in [9.17, 15) is 4.79 Å². The van der Waals surface area contributed by atoms with Crippen LogP contribution in [0.1, 0.15) is 54.2 Å². The van der Waals surface area contributed by atoms with E-state index in [1.54, 1.807) is 0 Å². The Bertz CT molecular complexity index is 581. The van der Waals surface area contributed by atoms with Crippen molar-refractivity contribution in [2.45, 2.75) is 38.6 Å². The van der Waals surface area contributed by atoms with Crippen molar-refractivity contribution in [1.82, 2.24) is 10.3 Å². The number of rotatable bonds is 8. The molecule has 0 spiro atoms. The molecule has 0 fully saturated rings. The van der Waals surface area contributed by atoms with Crippen LogP contribution in [0.25, 0.3) is 0 Å². The van der Waals surface area contributed by atoms with Gasteiger partial charge in [0.2, 0.25) is 5.89 Å². The molecule has 118 valence electrons. The van der Waals surface area contributed by atoms with Gasteiger partial charge in [0.15, 0.2) is 5.69 Å². The second kappa shape index (κ2) is 8.34. The van der Waals surface area contributed by atoms with Crippen molar-refractivity contribution in [3.8, 4) is 0 Å². The number of nitrogens with zero attached hydrogens (tertiary/aromatic N) is 1. The molecule has 3 N–H and O–H groups in total. The van der Waals surface area contributed by atoms with Crippen molar-refractivity contribution in [3.05, 3.63) is 53.7 Å². The Morgan fingerprint density at radius 1 is 1.36 bits per heavy atom. The Balaban J connectivity index is 1.75. The Labute approximate surface area is 130 Å². The average molecular weight is 301 g/mol. The molecule has 1 aromatic heterocycles. The zero-order valence-electron chi connectivity index (χ0n) is 12.9. The molecule has 1 atom stereocenters. The minimum Gasteiger partial charge on any atom is -0.446 e. The molecule has 2 rings (SSSR count). The summed E-state index contributed by atoms with van der Waals surface area (Å²) in [6.45, 7) is 2.65. The molecule has 5 nitrogen and oxygen atoms in total. The molecule has 22 heavy (non-hydrogen) atoms. The predicted octanol–water partition coefficient (Wildman–Crippen LogP) is 2.84. The monoisotopic (exact) mass is 301 g/mol. The molecule has 0 aliphatic heterocycles. The Hall–Kier alpha value is -2.14. The highest BCUT2D eigenvalue weighted by molar-refractivity contribution is 5.91. The molecule has 5 heteroatoms. The first-order valence-electron chi connectivity index (χ1n) is 7.73. The van der Waals surface area contributed by atoms with Gasteiger partial charge in [-0.1, -0.05) is 43.7 Å². The van der Waals surface area contributed by atoms with Gasteiger partial charge in [-0.3, -0.25) is 4.79 Å². The summed E-state index contributed by atoms with van der Waals surface area (Å²) in [5.74, 6) is 0.211. The van der Waals surface area contributed by atoms with Crippen LogP contribution in [0.5, 0.6) is 0 Å². The number of nitrogens with two attached hydrogens (primary N) is 1. The normalized spacial score (nSPS) is 12.1. The third-order valence-corrected chi connectivity index (χ3v) is 3.44. The number of hydrogen-bond acceptors (Lipinski definition) is 4. The lowest BCUT2D eigenvalue weighted by Gasteiger charge is -2.04. The maximum Gasteiger partial charge on any atom is 0.273 e. The van der Waals surface area contributed by atoms with Gasteiger partial charge in [-0.15, -0.1) is 0 Å². The molecule has 0 aliphatic carbocycles. The standard InChI is InChI=1S/C17H23N3O2/c1-2-7-14(18)17-20-15(12-22-17)16(21)19-11-6-10-13-8-4-3-5-9-13/h3-5,8-9,12,14H,2,6-7,10-11,18H2,1H3,(H,19,21). The van der Waals surface area contributed by atoms with Crippen LogP contribution in [0.3, 0.4) is 0 Å². The third-order valence-electron chi connectivity index (χ3n) is 3.44. The zero-order chi connectivity index (χ0) is 15.8. The van der Waals surface area contributed by atoms with Gasteiger partial charge >= 0.3 is 0 Å². The Morgan fingerprint density at radius 2 is 2.14 bits per heavy atom. The maximum absolute atomic E-state index is 12.0. The fourth-order valence-corrected chi connectivity index (χ4v) is 2.23. The number of aromatic nitrogens is 1. The van der Waals surface area contributed by atoms with Gasteiger partial charge in [-0.25, -0.2) is 4.98 Å². The number of benzene rings is 1. The molecule has 0 saturated carbocycles. The summed E-state index contributed by atoms with van der Waals surface area (Å²) < 4.78 is 5.28. The predicted molar refractivity (Wildman–Crippen MR) is 85.4 cm³/mol. The lowest BCUT2D eigenvalue weighted by atomic mass is 10.1. The molecular weight excluding hydrogens is 278 g/mol. The number of carbonyl (C=O) groups excluding carboxylic acids is 1. The first-order chi connectivity index (χ1) is 10.7. The molecule has 2 aromatic rings. The fourth-order valence-electron chi connectivity index (χ4n) is 2.23. The number of amides is 1. The lowest BCUT2D eigenvalue weighted by molar-refractivity contribution is 0.0948. The van der Waals surface area contributed by atoms with Crippen molar-refractivity contribution < 1.29 is 9.21 Å². The van der Waals surface area contributed by atoms with E-state index in [0.29, 0.717) is 18.1 Å².